The van der Waals surface area contributed by atoms with E-state index in [9.17, 15) is 9.59 Å². The van der Waals surface area contributed by atoms with E-state index >= 15 is 0 Å². The van der Waals surface area contributed by atoms with Gasteiger partial charge in [0.05, 0.1) is 5.02 Å². The van der Waals surface area contributed by atoms with E-state index < -0.39 is 17.4 Å². The van der Waals surface area contributed by atoms with Crippen molar-refractivity contribution in [2.75, 3.05) is 0 Å². The van der Waals surface area contributed by atoms with Crippen molar-refractivity contribution < 1.29 is 9.59 Å². The van der Waals surface area contributed by atoms with Crippen LogP contribution >= 0.6 is 27.5 Å². The fourth-order valence-electron chi connectivity index (χ4n) is 2.05. The summed E-state index contributed by atoms with van der Waals surface area (Å²) in [5.74, 6) is -0.679. The lowest BCUT2D eigenvalue weighted by molar-refractivity contribution is -0.120. The zero-order valence-electron chi connectivity index (χ0n) is 11.2. The van der Waals surface area contributed by atoms with E-state index in [1.807, 2.05) is 0 Å². The van der Waals surface area contributed by atoms with Crippen LogP contribution in [0.15, 0.2) is 29.0 Å². The molecule has 1 aliphatic carbocycles. The zero-order valence-corrected chi connectivity index (χ0v) is 13.6. The first-order valence-electron chi connectivity index (χ1n) is 6.42. The number of nitrogens with one attached hydrogen (secondary N) is 1. The summed E-state index contributed by atoms with van der Waals surface area (Å²) in [6.07, 6.45) is 2.62. The van der Waals surface area contributed by atoms with Gasteiger partial charge in [0.15, 0.2) is 5.82 Å². The summed E-state index contributed by atoms with van der Waals surface area (Å²) in [4.78, 5) is 28.0. The predicted octanol–water partition coefficient (Wildman–Crippen LogP) is 1.43. The van der Waals surface area contributed by atoms with Crippen molar-refractivity contribution in [3.63, 3.8) is 0 Å². The first kappa shape index (κ1) is 15.0. The van der Waals surface area contributed by atoms with Crippen molar-refractivity contribution in [2.24, 2.45) is 5.73 Å². The number of primary amides is 1. The summed E-state index contributed by atoms with van der Waals surface area (Å²) in [5, 5.41) is 7.18. The molecule has 0 atom stereocenters. The van der Waals surface area contributed by atoms with Gasteiger partial charge in [-0.05, 0) is 40.9 Å². The zero-order chi connectivity index (χ0) is 15.9. The number of halogens is 2. The number of hydrogen-bond acceptors (Lipinski definition) is 4. The summed E-state index contributed by atoms with van der Waals surface area (Å²) in [7, 11) is 0. The molecule has 9 heteroatoms. The highest BCUT2D eigenvalue weighted by molar-refractivity contribution is 9.10. The molecule has 2 aromatic heterocycles. The van der Waals surface area contributed by atoms with E-state index in [2.05, 4.69) is 31.3 Å². The molecule has 3 rings (SSSR count). The van der Waals surface area contributed by atoms with E-state index in [1.54, 1.807) is 18.3 Å². The summed E-state index contributed by atoms with van der Waals surface area (Å²) >= 11 is 9.32. The smallest absolute Gasteiger partial charge is 0.270 e. The van der Waals surface area contributed by atoms with Gasteiger partial charge in [0.1, 0.15) is 15.8 Å². The van der Waals surface area contributed by atoms with Gasteiger partial charge in [-0.15, -0.1) is 0 Å². The van der Waals surface area contributed by atoms with Crippen LogP contribution in [0.25, 0.3) is 5.82 Å². The molecule has 114 valence electrons. The van der Waals surface area contributed by atoms with Crippen molar-refractivity contribution in [1.29, 1.82) is 0 Å². The summed E-state index contributed by atoms with van der Waals surface area (Å²) in [6, 6.07) is 4.85. The van der Waals surface area contributed by atoms with Crippen LogP contribution in [-0.4, -0.2) is 32.1 Å². The van der Waals surface area contributed by atoms with Crippen LogP contribution in [0.3, 0.4) is 0 Å². The Hall–Kier alpha value is -1.93. The quantitative estimate of drug-likeness (QED) is 0.832. The highest BCUT2D eigenvalue weighted by atomic mass is 79.9. The minimum atomic E-state index is -0.952. The molecule has 2 heterocycles. The van der Waals surface area contributed by atoms with Crippen molar-refractivity contribution in [2.45, 2.75) is 18.4 Å². The molecular formula is C13H11BrClN5O2. The lowest BCUT2D eigenvalue weighted by Gasteiger charge is -2.14. The van der Waals surface area contributed by atoms with E-state index in [-0.39, 0.29) is 5.69 Å². The number of hydrogen-bond donors (Lipinski definition) is 2. The Balaban J connectivity index is 1.97. The maximum atomic E-state index is 12.5. The third-order valence-corrected chi connectivity index (χ3v) is 4.11. The minimum absolute atomic E-state index is 0.208. The van der Waals surface area contributed by atoms with Crippen LogP contribution in [0, 0.1) is 0 Å². The number of carbonyl (C=O) groups excluding carboxylic acids is 2. The Morgan fingerprint density at radius 1 is 1.45 bits per heavy atom. The van der Waals surface area contributed by atoms with E-state index in [0.717, 1.165) is 0 Å². The molecule has 1 saturated carbocycles. The molecule has 7 nitrogen and oxygen atoms in total. The average molecular weight is 385 g/mol. The molecule has 2 amide bonds. The SMILES string of the molecule is NC(=O)C1(NC(=O)c2cc(Br)nn2-c2ncccc2Cl)CC1. The molecule has 22 heavy (non-hydrogen) atoms. The van der Waals surface area contributed by atoms with Gasteiger partial charge >= 0.3 is 0 Å². The maximum Gasteiger partial charge on any atom is 0.270 e. The molecule has 0 radical (unpaired) electrons. The minimum Gasteiger partial charge on any atom is -0.368 e. The number of amides is 2. The molecule has 0 aromatic carbocycles. The van der Waals surface area contributed by atoms with Crippen molar-refractivity contribution in [3.05, 3.63) is 39.7 Å². The van der Waals surface area contributed by atoms with Gasteiger partial charge in [-0.1, -0.05) is 11.6 Å². The molecule has 1 fully saturated rings. The lowest BCUT2D eigenvalue weighted by Crippen LogP contribution is -2.47. The molecule has 0 aliphatic heterocycles. The van der Waals surface area contributed by atoms with Gasteiger partial charge in [0.2, 0.25) is 5.91 Å². The Kier molecular flexibility index (Phi) is 3.65. The van der Waals surface area contributed by atoms with Crippen LogP contribution < -0.4 is 11.1 Å². The molecule has 0 unspecified atom stereocenters. The van der Waals surface area contributed by atoms with Gasteiger partial charge in [-0.25, -0.2) is 9.67 Å². The summed E-state index contributed by atoms with van der Waals surface area (Å²) < 4.78 is 1.77. The average Bonchev–Trinajstić information content (AvgIpc) is 3.15. The topological polar surface area (TPSA) is 103 Å². The molecule has 0 bridgehead atoms. The molecular weight excluding hydrogens is 374 g/mol. The Morgan fingerprint density at radius 2 is 2.18 bits per heavy atom. The van der Waals surface area contributed by atoms with Crippen molar-refractivity contribution >= 4 is 39.3 Å². The molecule has 0 spiro atoms. The van der Waals surface area contributed by atoms with Crippen molar-refractivity contribution in [1.82, 2.24) is 20.1 Å². The van der Waals surface area contributed by atoms with E-state index in [0.29, 0.717) is 28.3 Å². The van der Waals surface area contributed by atoms with Crippen LogP contribution in [0.4, 0.5) is 0 Å². The van der Waals surface area contributed by atoms with Crippen LogP contribution in [0.1, 0.15) is 23.3 Å². The summed E-state index contributed by atoms with van der Waals surface area (Å²) in [6.45, 7) is 0. The second-order valence-corrected chi connectivity index (χ2v) is 6.19. The molecule has 3 N–H and O–H groups in total. The van der Waals surface area contributed by atoms with Crippen LogP contribution in [0.2, 0.25) is 5.02 Å². The van der Waals surface area contributed by atoms with Gasteiger partial charge in [-0.2, -0.15) is 5.10 Å². The largest absolute Gasteiger partial charge is 0.368 e. The van der Waals surface area contributed by atoms with E-state index in [1.165, 1.54) is 10.7 Å². The first-order valence-corrected chi connectivity index (χ1v) is 7.59. The first-order chi connectivity index (χ1) is 10.4. The number of aromatic nitrogens is 3. The van der Waals surface area contributed by atoms with Crippen LogP contribution in [0.5, 0.6) is 0 Å². The lowest BCUT2D eigenvalue weighted by atomic mass is 10.2. The number of carbonyl (C=O) groups is 2. The molecule has 0 saturated heterocycles. The number of rotatable bonds is 4. The van der Waals surface area contributed by atoms with Gasteiger partial charge < -0.3 is 11.1 Å². The normalized spacial score (nSPS) is 15.4. The van der Waals surface area contributed by atoms with Gasteiger partial charge in [0.25, 0.3) is 5.91 Å². The highest BCUT2D eigenvalue weighted by Gasteiger charge is 2.50. The fraction of sp³-hybridized carbons (Fsp3) is 0.231. The standard InChI is InChI=1S/C13H11BrClN5O2/c14-9-6-8(11(21)18-13(3-4-13)12(16)22)20(19-9)10-7(15)2-1-5-17-10/h1-2,5-6H,3-4H2,(H2,16,22)(H,18,21). The Morgan fingerprint density at radius 3 is 2.77 bits per heavy atom. The predicted molar refractivity (Wildman–Crippen MR) is 82.7 cm³/mol. The van der Waals surface area contributed by atoms with Crippen LogP contribution in [-0.2, 0) is 4.79 Å². The van der Waals surface area contributed by atoms with Gasteiger partial charge in [0, 0.05) is 12.3 Å². The van der Waals surface area contributed by atoms with Gasteiger partial charge in [-0.3, -0.25) is 9.59 Å². The second-order valence-electron chi connectivity index (χ2n) is 4.97. The van der Waals surface area contributed by atoms with E-state index in [4.69, 9.17) is 17.3 Å². The maximum absolute atomic E-state index is 12.5. The molecule has 2 aromatic rings. The summed E-state index contributed by atoms with van der Waals surface area (Å²) in [5.41, 5.74) is 4.58. The molecule has 1 aliphatic rings. The fourth-order valence-corrected chi connectivity index (χ4v) is 2.63. The second kappa shape index (κ2) is 5.36. The third kappa shape index (κ3) is 2.59. The number of nitrogens with zero attached hydrogens (tertiary/aromatic N) is 3. The number of nitrogens with two attached hydrogens (primary N) is 1. The third-order valence-electron chi connectivity index (χ3n) is 3.43. The Labute approximate surface area is 139 Å². The Bertz CT molecular complexity index is 772. The number of pyridine rings is 1. The monoisotopic (exact) mass is 383 g/mol. The highest BCUT2D eigenvalue weighted by Crippen LogP contribution is 2.35. The van der Waals surface area contributed by atoms with Crippen molar-refractivity contribution in [3.8, 4) is 5.82 Å².